The Balaban J connectivity index is 2.04. The summed E-state index contributed by atoms with van der Waals surface area (Å²) >= 11 is 5.84. The van der Waals surface area contributed by atoms with Crippen molar-refractivity contribution in [1.82, 2.24) is 5.32 Å². The molecule has 3 unspecified atom stereocenters. The van der Waals surface area contributed by atoms with Crippen LogP contribution in [0.25, 0.3) is 0 Å². The van der Waals surface area contributed by atoms with E-state index in [0.29, 0.717) is 10.6 Å². The van der Waals surface area contributed by atoms with Crippen LogP contribution >= 0.6 is 11.6 Å². The van der Waals surface area contributed by atoms with E-state index >= 15 is 0 Å². The Bertz CT molecular complexity index is 630. The molecule has 0 aliphatic rings. The lowest BCUT2D eigenvalue weighted by Gasteiger charge is -2.23. The van der Waals surface area contributed by atoms with Gasteiger partial charge in [0.2, 0.25) is 0 Å². The lowest BCUT2D eigenvalue weighted by atomic mass is 10.0. The fourth-order valence-electron chi connectivity index (χ4n) is 2.35. The predicted octanol–water partition coefficient (Wildman–Crippen LogP) is 3.27. The van der Waals surface area contributed by atoms with E-state index in [1.165, 1.54) is 7.11 Å². The molecule has 0 saturated carbocycles. The number of aliphatic hydroxyl groups is 1. The molecule has 2 rings (SSSR count). The average molecular weight is 334 g/mol. The molecule has 0 saturated heterocycles. The third kappa shape index (κ3) is 4.55. The van der Waals surface area contributed by atoms with Gasteiger partial charge in [-0.1, -0.05) is 54.1 Å². The number of amides is 1. The number of methoxy groups -OCH3 is 1. The zero-order valence-electron chi connectivity index (χ0n) is 13.1. The molecule has 2 aromatic carbocycles. The molecular formula is C18H20ClNO3. The third-order valence-corrected chi connectivity index (χ3v) is 3.88. The first-order chi connectivity index (χ1) is 11.0. The van der Waals surface area contributed by atoms with Gasteiger partial charge < -0.3 is 15.2 Å². The van der Waals surface area contributed by atoms with E-state index in [0.717, 1.165) is 5.56 Å². The maximum Gasteiger partial charge on any atom is 0.254 e. The fraction of sp³-hybridized carbons (Fsp3) is 0.278. The van der Waals surface area contributed by atoms with Crippen molar-refractivity contribution in [1.29, 1.82) is 0 Å². The Morgan fingerprint density at radius 3 is 2.26 bits per heavy atom. The lowest BCUT2D eigenvalue weighted by molar-refractivity contribution is -0.132. The number of hydrogen-bond donors (Lipinski definition) is 2. The third-order valence-electron chi connectivity index (χ3n) is 3.63. The van der Waals surface area contributed by atoms with Crippen LogP contribution in [0, 0.1) is 0 Å². The average Bonchev–Trinajstić information content (AvgIpc) is 2.56. The van der Waals surface area contributed by atoms with Crippen LogP contribution < -0.4 is 5.32 Å². The predicted molar refractivity (Wildman–Crippen MR) is 90.2 cm³/mol. The molecule has 0 bridgehead atoms. The number of halogens is 1. The molecule has 1 amide bonds. The second kappa shape index (κ2) is 8.11. The Kier molecular flexibility index (Phi) is 6.16. The number of hydrogen-bond acceptors (Lipinski definition) is 3. The van der Waals surface area contributed by atoms with Crippen LogP contribution in [0.2, 0.25) is 5.02 Å². The van der Waals surface area contributed by atoms with Crippen LogP contribution in [-0.4, -0.2) is 24.2 Å². The summed E-state index contributed by atoms with van der Waals surface area (Å²) < 4.78 is 5.29. The van der Waals surface area contributed by atoms with Crippen LogP contribution in [-0.2, 0) is 9.53 Å². The lowest BCUT2D eigenvalue weighted by Crippen LogP contribution is -2.40. The number of carbonyl (C=O) groups is 1. The van der Waals surface area contributed by atoms with Crippen LogP contribution in [0.5, 0.6) is 0 Å². The normalized spacial score (nSPS) is 14.8. The van der Waals surface area contributed by atoms with Crippen molar-refractivity contribution in [3.63, 3.8) is 0 Å². The van der Waals surface area contributed by atoms with Gasteiger partial charge in [-0.2, -0.15) is 0 Å². The summed E-state index contributed by atoms with van der Waals surface area (Å²) in [5, 5.41) is 13.7. The van der Waals surface area contributed by atoms with Crippen LogP contribution in [0.3, 0.4) is 0 Å². The number of ether oxygens (including phenoxy) is 1. The van der Waals surface area contributed by atoms with Crippen molar-refractivity contribution < 1.29 is 14.6 Å². The van der Waals surface area contributed by atoms with Gasteiger partial charge in [-0.3, -0.25) is 4.79 Å². The van der Waals surface area contributed by atoms with Crippen LogP contribution in [0.1, 0.15) is 30.3 Å². The van der Waals surface area contributed by atoms with E-state index in [4.69, 9.17) is 16.3 Å². The number of carbonyl (C=O) groups excluding carboxylic acids is 1. The van der Waals surface area contributed by atoms with Gasteiger partial charge in [0.15, 0.2) is 6.10 Å². The molecule has 0 heterocycles. The highest BCUT2D eigenvalue weighted by molar-refractivity contribution is 6.30. The second-order valence-electron chi connectivity index (χ2n) is 5.32. The van der Waals surface area contributed by atoms with Gasteiger partial charge in [-0.25, -0.2) is 0 Å². The van der Waals surface area contributed by atoms with Crippen molar-refractivity contribution in [3.05, 3.63) is 70.7 Å². The summed E-state index contributed by atoms with van der Waals surface area (Å²) in [6.45, 7) is 1.74. The first-order valence-corrected chi connectivity index (χ1v) is 7.72. The minimum Gasteiger partial charge on any atom is -0.386 e. The first-order valence-electron chi connectivity index (χ1n) is 7.34. The number of rotatable bonds is 6. The zero-order chi connectivity index (χ0) is 16.8. The Hall–Kier alpha value is -1.88. The fourth-order valence-corrected chi connectivity index (χ4v) is 2.48. The van der Waals surface area contributed by atoms with Gasteiger partial charge in [0.05, 0.1) is 12.1 Å². The van der Waals surface area contributed by atoms with E-state index in [1.54, 1.807) is 31.2 Å². The summed E-state index contributed by atoms with van der Waals surface area (Å²) in [6, 6.07) is 15.6. The van der Waals surface area contributed by atoms with Crippen molar-refractivity contribution in [3.8, 4) is 0 Å². The molecule has 0 fully saturated rings. The maximum atomic E-state index is 12.4. The Labute approximate surface area is 141 Å². The molecule has 122 valence electrons. The van der Waals surface area contributed by atoms with Crippen LogP contribution in [0.15, 0.2) is 54.6 Å². The second-order valence-corrected chi connectivity index (χ2v) is 5.76. The molecule has 0 aliphatic carbocycles. The highest BCUT2D eigenvalue weighted by Crippen LogP contribution is 2.21. The van der Waals surface area contributed by atoms with Crippen molar-refractivity contribution in [2.24, 2.45) is 0 Å². The molecule has 5 heteroatoms. The van der Waals surface area contributed by atoms with E-state index in [-0.39, 0.29) is 5.91 Å². The topological polar surface area (TPSA) is 58.6 Å². The summed E-state index contributed by atoms with van der Waals surface area (Å²) in [4.78, 5) is 12.4. The molecular weight excluding hydrogens is 314 g/mol. The van der Waals surface area contributed by atoms with Crippen molar-refractivity contribution >= 4 is 17.5 Å². The minimum absolute atomic E-state index is 0.292. The van der Waals surface area contributed by atoms with Gasteiger partial charge in [0.1, 0.15) is 0 Å². The summed E-state index contributed by atoms with van der Waals surface area (Å²) in [5.74, 6) is -0.292. The largest absolute Gasteiger partial charge is 0.386 e. The highest BCUT2D eigenvalue weighted by Gasteiger charge is 2.24. The number of benzene rings is 2. The standard InChI is InChI=1S/C18H20ClNO3/c1-12(16(21)13-8-10-15(19)11-9-13)20-18(22)17(23-2)14-6-4-3-5-7-14/h3-12,16-17,21H,1-2H3,(H,20,22). The molecule has 0 radical (unpaired) electrons. The monoisotopic (exact) mass is 333 g/mol. The SMILES string of the molecule is COC(C(=O)NC(C)C(O)c1ccc(Cl)cc1)c1ccccc1. The smallest absolute Gasteiger partial charge is 0.254 e. The van der Waals surface area contributed by atoms with Crippen LogP contribution in [0.4, 0.5) is 0 Å². The van der Waals surface area contributed by atoms with Gasteiger partial charge in [-0.05, 0) is 30.2 Å². The summed E-state index contributed by atoms with van der Waals surface area (Å²) in [5.41, 5.74) is 1.46. The summed E-state index contributed by atoms with van der Waals surface area (Å²) in [6.07, 6.45) is -1.54. The van der Waals surface area contributed by atoms with Gasteiger partial charge in [0, 0.05) is 12.1 Å². The molecule has 0 aliphatic heterocycles. The molecule has 4 nitrogen and oxygen atoms in total. The quantitative estimate of drug-likeness (QED) is 0.853. The molecule has 2 N–H and O–H groups in total. The van der Waals surface area contributed by atoms with E-state index in [9.17, 15) is 9.90 Å². The van der Waals surface area contributed by atoms with Gasteiger partial charge >= 0.3 is 0 Å². The Morgan fingerprint density at radius 2 is 1.70 bits per heavy atom. The molecule has 23 heavy (non-hydrogen) atoms. The number of nitrogens with one attached hydrogen (secondary N) is 1. The minimum atomic E-state index is -0.829. The van der Waals surface area contributed by atoms with Crippen molar-refractivity contribution in [2.45, 2.75) is 25.2 Å². The highest BCUT2D eigenvalue weighted by atomic mass is 35.5. The van der Waals surface area contributed by atoms with E-state index in [2.05, 4.69) is 5.32 Å². The Morgan fingerprint density at radius 1 is 1.09 bits per heavy atom. The molecule has 2 aromatic rings. The van der Waals surface area contributed by atoms with Crippen molar-refractivity contribution in [2.75, 3.05) is 7.11 Å². The maximum absolute atomic E-state index is 12.4. The molecule has 0 aromatic heterocycles. The molecule has 3 atom stereocenters. The zero-order valence-corrected chi connectivity index (χ0v) is 13.8. The van der Waals surface area contributed by atoms with E-state index < -0.39 is 18.2 Å². The first kappa shape index (κ1) is 17.5. The summed E-state index contributed by atoms with van der Waals surface area (Å²) in [7, 11) is 1.48. The van der Waals surface area contributed by atoms with Gasteiger partial charge in [0.25, 0.3) is 5.91 Å². The number of aliphatic hydroxyl groups excluding tert-OH is 1. The van der Waals surface area contributed by atoms with Gasteiger partial charge in [-0.15, -0.1) is 0 Å². The molecule has 0 spiro atoms. The van der Waals surface area contributed by atoms with E-state index in [1.807, 2.05) is 30.3 Å².